The van der Waals surface area contributed by atoms with Crippen molar-refractivity contribution >= 4 is 16.6 Å². The van der Waals surface area contributed by atoms with Crippen molar-refractivity contribution in [2.24, 2.45) is 0 Å². The number of hydrogen-bond donors (Lipinski definition) is 3. The lowest BCUT2D eigenvalue weighted by atomic mass is 10.2. The molecule has 0 atom stereocenters. The summed E-state index contributed by atoms with van der Waals surface area (Å²) < 4.78 is 0. The number of nitrogens with one attached hydrogen (secondary N) is 2. The lowest BCUT2D eigenvalue weighted by molar-refractivity contribution is 0.881. The minimum Gasteiger partial charge on any atom is -0.399 e. The number of anilines is 1. The maximum Gasteiger partial charge on any atom is 0.225 e. The first kappa shape index (κ1) is 7.92. The highest BCUT2D eigenvalue weighted by atomic mass is 15.5. The van der Waals surface area contributed by atoms with Gasteiger partial charge in [-0.2, -0.15) is 10.3 Å². The van der Waals surface area contributed by atoms with Gasteiger partial charge in [-0.15, -0.1) is 10.2 Å². The topological polar surface area (TPSA) is 109 Å². The summed E-state index contributed by atoms with van der Waals surface area (Å²) in [7, 11) is 0. The molecule has 0 fully saturated rings. The molecule has 0 aliphatic rings. The first-order valence-corrected chi connectivity index (χ1v) is 4.32. The summed E-state index contributed by atoms with van der Waals surface area (Å²) in [4.78, 5) is 0. The van der Waals surface area contributed by atoms with Gasteiger partial charge >= 0.3 is 0 Å². The fraction of sp³-hybridized carbons (Fsp3) is 0. The molecule has 0 unspecified atom stereocenters. The first-order valence-electron chi connectivity index (χ1n) is 4.32. The van der Waals surface area contributed by atoms with Gasteiger partial charge in [0.15, 0.2) is 0 Å². The molecule has 3 aromatic rings. The van der Waals surface area contributed by atoms with Crippen LogP contribution >= 0.6 is 0 Å². The number of hydrogen-bond acceptors (Lipinski definition) is 5. The Labute approximate surface area is 83.7 Å². The van der Waals surface area contributed by atoms with Crippen molar-refractivity contribution in [2.45, 2.75) is 0 Å². The van der Waals surface area contributed by atoms with Crippen molar-refractivity contribution in [3.8, 4) is 11.5 Å². The van der Waals surface area contributed by atoms with Crippen LogP contribution in [-0.4, -0.2) is 30.8 Å². The Morgan fingerprint density at radius 3 is 2.93 bits per heavy atom. The number of nitrogens with two attached hydrogens (primary N) is 1. The van der Waals surface area contributed by atoms with Gasteiger partial charge in [-0.05, 0) is 23.4 Å². The van der Waals surface area contributed by atoms with Gasteiger partial charge in [0.05, 0.1) is 5.52 Å². The molecule has 74 valence electrons. The zero-order chi connectivity index (χ0) is 10.3. The van der Waals surface area contributed by atoms with E-state index in [9.17, 15) is 0 Å². The zero-order valence-electron chi connectivity index (χ0n) is 7.60. The lowest BCUT2D eigenvalue weighted by Crippen LogP contribution is -1.84. The van der Waals surface area contributed by atoms with Crippen molar-refractivity contribution < 1.29 is 0 Å². The maximum atomic E-state index is 5.70. The van der Waals surface area contributed by atoms with Crippen LogP contribution in [0.25, 0.3) is 22.4 Å². The van der Waals surface area contributed by atoms with Crippen LogP contribution in [-0.2, 0) is 0 Å². The van der Waals surface area contributed by atoms with E-state index in [4.69, 9.17) is 5.73 Å². The van der Waals surface area contributed by atoms with E-state index in [0.717, 1.165) is 10.9 Å². The number of rotatable bonds is 1. The van der Waals surface area contributed by atoms with Crippen LogP contribution in [0.15, 0.2) is 18.2 Å². The highest BCUT2D eigenvalue weighted by Gasteiger charge is 2.11. The van der Waals surface area contributed by atoms with Gasteiger partial charge in [0, 0.05) is 11.1 Å². The van der Waals surface area contributed by atoms with Gasteiger partial charge in [-0.3, -0.25) is 5.10 Å². The number of benzene rings is 1. The van der Waals surface area contributed by atoms with Crippen LogP contribution < -0.4 is 5.73 Å². The second-order valence-corrected chi connectivity index (χ2v) is 3.11. The van der Waals surface area contributed by atoms with Crippen LogP contribution in [0.3, 0.4) is 0 Å². The van der Waals surface area contributed by atoms with Crippen molar-refractivity contribution in [1.82, 2.24) is 30.8 Å². The second-order valence-electron chi connectivity index (χ2n) is 3.11. The average Bonchev–Trinajstić information content (AvgIpc) is 2.83. The molecule has 0 amide bonds. The van der Waals surface area contributed by atoms with Crippen LogP contribution in [0.2, 0.25) is 0 Å². The SMILES string of the molecule is Nc1ccc2[nH]nc(-c3nn[nH]n3)c2c1. The van der Waals surface area contributed by atoms with Gasteiger partial charge in [0.2, 0.25) is 5.82 Å². The van der Waals surface area contributed by atoms with Crippen LogP contribution in [0.5, 0.6) is 0 Å². The number of tetrazole rings is 1. The number of aromatic nitrogens is 6. The second kappa shape index (κ2) is 2.77. The average molecular weight is 201 g/mol. The number of nitrogen functional groups attached to an aromatic ring is 1. The minimum atomic E-state index is 0.451. The Bertz CT molecular complexity index is 595. The van der Waals surface area contributed by atoms with E-state index >= 15 is 0 Å². The molecule has 0 spiro atoms. The summed E-state index contributed by atoms with van der Waals surface area (Å²) in [5.74, 6) is 0.451. The summed E-state index contributed by atoms with van der Waals surface area (Å²) in [6, 6.07) is 5.49. The van der Waals surface area contributed by atoms with Crippen LogP contribution in [0, 0.1) is 0 Å². The van der Waals surface area contributed by atoms with Crippen LogP contribution in [0.1, 0.15) is 0 Å². The van der Waals surface area contributed by atoms with Crippen molar-refractivity contribution in [3.05, 3.63) is 18.2 Å². The third-order valence-electron chi connectivity index (χ3n) is 2.14. The summed E-state index contributed by atoms with van der Waals surface area (Å²) in [5, 5.41) is 21.5. The predicted molar refractivity (Wildman–Crippen MR) is 53.7 cm³/mol. The third kappa shape index (κ3) is 1.13. The Hall–Kier alpha value is -2.44. The van der Waals surface area contributed by atoms with Gasteiger partial charge in [0.25, 0.3) is 0 Å². The third-order valence-corrected chi connectivity index (χ3v) is 2.14. The summed E-state index contributed by atoms with van der Waals surface area (Å²) in [5.41, 5.74) is 7.91. The fourth-order valence-corrected chi connectivity index (χ4v) is 1.46. The molecular formula is C8H7N7. The molecule has 2 heterocycles. The van der Waals surface area contributed by atoms with E-state index in [1.54, 1.807) is 6.07 Å². The Morgan fingerprint density at radius 1 is 1.20 bits per heavy atom. The largest absolute Gasteiger partial charge is 0.399 e. The molecule has 2 aromatic heterocycles. The molecule has 0 aliphatic carbocycles. The van der Waals surface area contributed by atoms with E-state index in [1.807, 2.05) is 12.1 Å². The predicted octanol–water partition coefficient (Wildman–Crippen LogP) is 0.325. The maximum absolute atomic E-state index is 5.70. The number of H-pyrrole nitrogens is 2. The Kier molecular flexibility index (Phi) is 1.46. The van der Waals surface area contributed by atoms with Crippen LogP contribution in [0.4, 0.5) is 5.69 Å². The highest BCUT2D eigenvalue weighted by Crippen LogP contribution is 2.24. The standard InChI is InChI=1S/C8H7N7/c9-4-1-2-6-5(3-4)7(11-10-6)8-12-14-15-13-8/h1-3H,9H2,(H,10,11)(H,12,13,14,15). The van der Waals surface area contributed by atoms with Gasteiger partial charge in [-0.1, -0.05) is 0 Å². The Morgan fingerprint density at radius 2 is 2.13 bits per heavy atom. The van der Waals surface area contributed by atoms with E-state index in [-0.39, 0.29) is 0 Å². The monoisotopic (exact) mass is 201 g/mol. The van der Waals surface area contributed by atoms with Crippen molar-refractivity contribution in [3.63, 3.8) is 0 Å². The summed E-state index contributed by atoms with van der Waals surface area (Å²) in [6.45, 7) is 0. The van der Waals surface area contributed by atoms with Gasteiger partial charge < -0.3 is 5.73 Å². The van der Waals surface area contributed by atoms with E-state index in [2.05, 4.69) is 30.8 Å². The molecule has 7 nitrogen and oxygen atoms in total. The Balaban J connectivity index is 2.32. The molecule has 0 radical (unpaired) electrons. The lowest BCUT2D eigenvalue weighted by Gasteiger charge is -1.93. The molecule has 1 aromatic carbocycles. The van der Waals surface area contributed by atoms with Crippen molar-refractivity contribution in [1.29, 1.82) is 0 Å². The molecule has 3 rings (SSSR count). The number of nitrogens with zero attached hydrogens (tertiary/aromatic N) is 4. The molecule has 0 aliphatic heterocycles. The molecule has 0 bridgehead atoms. The molecule has 7 heteroatoms. The molecule has 15 heavy (non-hydrogen) atoms. The number of fused-ring (bicyclic) bond motifs is 1. The molecular weight excluding hydrogens is 194 g/mol. The quantitative estimate of drug-likeness (QED) is 0.491. The number of aromatic amines is 2. The smallest absolute Gasteiger partial charge is 0.225 e. The van der Waals surface area contributed by atoms with Crippen molar-refractivity contribution in [2.75, 3.05) is 5.73 Å². The summed E-state index contributed by atoms with van der Waals surface area (Å²) >= 11 is 0. The van der Waals surface area contributed by atoms with E-state index in [1.165, 1.54) is 0 Å². The van der Waals surface area contributed by atoms with E-state index < -0.39 is 0 Å². The molecule has 0 saturated heterocycles. The van der Waals surface area contributed by atoms with Gasteiger partial charge in [0.1, 0.15) is 5.69 Å². The fourth-order valence-electron chi connectivity index (χ4n) is 1.46. The van der Waals surface area contributed by atoms with E-state index in [0.29, 0.717) is 17.2 Å². The molecule has 0 saturated carbocycles. The molecule has 4 N–H and O–H groups in total. The van der Waals surface area contributed by atoms with Gasteiger partial charge in [-0.25, -0.2) is 0 Å². The normalized spacial score (nSPS) is 10.9. The minimum absolute atomic E-state index is 0.451. The zero-order valence-corrected chi connectivity index (χ0v) is 7.60. The first-order chi connectivity index (χ1) is 7.34. The highest BCUT2D eigenvalue weighted by molar-refractivity contribution is 5.92. The summed E-state index contributed by atoms with van der Waals surface area (Å²) in [6.07, 6.45) is 0.